The third-order valence-corrected chi connectivity index (χ3v) is 4.50. The van der Waals surface area contributed by atoms with Crippen molar-refractivity contribution in [3.8, 4) is 5.75 Å². The van der Waals surface area contributed by atoms with Gasteiger partial charge in [0.05, 0.1) is 11.5 Å². The quantitative estimate of drug-likeness (QED) is 0.606. The van der Waals surface area contributed by atoms with Crippen molar-refractivity contribution in [1.29, 1.82) is 0 Å². The van der Waals surface area contributed by atoms with Crippen LogP contribution in [-0.2, 0) is 9.59 Å². The highest BCUT2D eigenvalue weighted by Gasteiger charge is 2.31. The van der Waals surface area contributed by atoms with E-state index in [9.17, 15) is 14.4 Å². The third-order valence-electron chi connectivity index (χ3n) is 4.50. The maximum Gasteiger partial charge on any atom is 0.308 e. The Kier molecular flexibility index (Phi) is 6.56. The van der Waals surface area contributed by atoms with Crippen molar-refractivity contribution in [3.05, 3.63) is 29.8 Å². The highest BCUT2D eigenvalue weighted by Crippen LogP contribution is 2.25. The number of carbonyl (C=O) groups excluding carboxylic acids is 3. The minimum atomic E-state index is -0.464. The van der Waals surface area contributed by atoms with Crippen LogP contribution in [-0.4, -0.2) is 53.8 Å². The Morgan fingerprint density at radius 3 is 2.52 bits per heavy atom. The second-order valence-corrected chi connectivity index (χ2v) is 6.19. The fourth-order valence-corrected chi connectivity index (χ4v) is 3.21. The number of hydrogen-bond acceptors (Lipinski definition) is 4. The Balaban J connectivity index is 2.15. The van der Waals surface area contributed by atoms with Crippen molar-refractivity contribution in [2.75, 3.05) is 26.2 Å². The maximum atomic E-state index is 12.9. The summed E-state index contributed by atoms with van der Waals surface area (Å²) in [5.74, 6) is -0.464. The van der Waals surface area contributed by atoms with E-state index in [0.717, 1.165) is 12.8 Å². The topological polar surface area (TPSA) is 66.9 Å². The monoisotopic (exact) mass is 346 g/mol. The predicted molar refractivity (Wildman–Crippen MR) is 94.3 cm³/mol. The molecule has 25 heavy (non-hydrogen) atoms. The first-order valence-corrected chi connectivity index (χ1v) is 8.83. The molecule has 6 heteroatoms. The summed E-state index contributed by atoms with van der Waals surface area (Å²) in [7, 11) is 0. The van der Waals surface area contributed by atoms with Gasteiger partial charge in [-0.25, -0.2) is 0 Å². The number of amides is 2. The summed E-state index contributed by atoms with van der Waals surface area (Å²) < 4.78 is 5.14. The zero-order valence-electron chi connectivity index (χ0n) is 15.2. The van der Waals surface area contributed by atoms with Gasteiger partial charge >= 0.3 is 5.97 Å². The van der Waals surface area contributed by atoms with E-state index in [1.807, 2.05) is 18.7 Å². The van der Waals surface area contributed by atoms with Gasteiger partial charge < -0.3 is 14.5 Å². The normalized spacial score (nSPS) is 17.1. The van der Waals surface area contributed by atoms with Crippen LogP contribution in [0.4, 0.5) is 0 Å². The zero-order valence-corrected chi connectivity index (χ0v) is 15.2. The summed E-state index contributed by atoms with van der Waals surface area (Å²) in [5.41, 5.74) is 0.355. The minimum absolute atomic E-state index is 0.107. The summed E-state index contributed by atoms with van der Waals surface area (Å²) in [6.07, 6.45) is 1.59. The van der Waals surface area contributed by atoms with Crippen LogP contribution >= 0.6 is 0 Å². The molecule has 0 bridgehead atoms. The lowest BCUT2D eigenvalue weighted by molar-refractivity contribution is -0.136. The number of carbonyl (C=O) groups is 3. The van der Waals surface area contributed by atoms with Crippen molar-refractivity contribution in [2.45, 2.75) is 33.6 Å². The van der Waals surface area contributed by atoms with Gasteiger partial charge in [0.25, 0.3) is 5.91 Å². The lowest BCUT2D eigenvalue weighted by Gasteiger charge is -2.34. The molecule has 1 fully saturated rings. The average molecular weight is 346 g/mol. The fraction of sp³-hybridized carbons (Fsp3) is 0.526. The van der Waals surface area contributed by atoms with Crippen LogP contribution < -0.4 is 4.74 Å². The summed E-state index contributed by atoms with van der Waals surface area (Å²) in [6.45, 7) is 7.59. The average Bonchev–Trinajstić information content (AvgIpc) is 2.62. The number of nitrogens with zero attached hydrogens (tertiary/aromatic N) is 2. The predicted octanol–water partition coefficient (Wildman–Crippen LogP) is 2.33. The van der Waals surface area contributed by atoms with Crippen molar-refractivity contribution in [1.82, 2.24) is 9.80 Å². The van der Waals surface area contributed by atoms with Crippen LogP contribution in [0.15, 0.2) is 24.3 Å². The van der Waals surface area contributed by atoms with Crippen molar-refractivity contribution < 1.29 is 19.1 Å². The Bertz CT molecular complexity index is 640. The molecule has 0 aliphatic carbocycles. The molecule has 1 aromatic carbocycles. The molecule has 1 aliphatic heterocycles. The van der Waals surface area contributed by atoms with E-state index in [2.05, 4.69) is 0 Å². The standard InChI is InChI=1S/C19H26N2O4/c1-4-20(5-2)18(23)15-9-8-12-21(13-15)19(24)16-10-6-7-11-17(16)25-14(3)22/h6-7,10-11,15H,4-5,8-9,12-13H2,1-3H3. The Morgan fingerprint density at radius 1 is 1.20 bits per heavy atom. The van der Waals surface area contributed by atoms with Crippen LogP contribution in [0.3, 0.4) is 0 Å². The largest absolute Gasteiger partial charge is 0.426 e. The van der Waals surface area contributed by atoms with Gasteiger partial charge in [0.15, 0.2) is 0 Å². The first-order chi connectivity index (χ1) is 12.0. The molecule has 1 unspecified atom stereocenters. The molecule has 1 heterocycles. The smallest absolute Gasteiger partial charge is 0.308 e. The molecule has 2 rings (SSSR count). The SMILES string of the molecule is CCN(CC)C(=O)C1CCCN(C(=O)c2ccccc2OC(C)=O)C1. The Hall–Kier alpha value is -2.37. The van der Waals surface area contributed by atoms with E-state index < -0.39 is 5.97 Å². The summed E-state index contributed by atoms with van der Waals surface area (Å²) >= 11 is 0. The van der Waals surface area contributed by atoms with Gasteiger partial charge in [0.1, 0.15) is 5.75 Å². The molecule has 0 radical (unpaired) electrons. The number of esters is 1. The molecule has 0 aromatic heterocycles. The highest BCUT2D eigenvalue weighted by atomic mass is 16.5. The van der Waals surface area contributed by atoms with Crippen LogP contribution in [0.1, 0.15) is 44.0 Å². The van der Waals surface area contributed by atoms with Crippen LogP contribution in [0.5, 0.6) is 5.75 Å². The van der Waals surface area contributed by atoms with Crippen molar-refractivity contribution in [3.63, 3.8) is 0 Å². The van der Waals surface area contributed by atoms with E-state index in [0.29, 0.717) is 31.7 Å². The van der Waals surface area contributed by atoms with Gasteiger partial charge in [0, 0.05) is 33.1 Å². The lowest BCUT2D eigenvalue weighted by Crippen LogP contribution is -2.46. The molecular formula is C19H26N2O4. The van der Waals surface area contributed by atoms with E-state index in [-0.39, 0.29) is 23.5 Å². The number of rotatable bonds is 5. The van der Waals surface area contributed by atoms with Gasteiger partial charge in [-0.15, -0.1) is 0 Å². The second-order valence-electron chi connectivity index (χ2n) is 6.19. The van der Waals surface area contributed by atoms with E-state index in [1.165, 1.54) is 6.92 Å². The van der Waals surface area contributed by atoms with Gasteiger partial charge in [-0.3, -0.25) is 14.4 Å². The summed E-state index contributed by atoms with van der Waals surface area (Å²) in [6, 6.07) is 6.72. The second kappa shape index (κ2) is 8.65. The molecular weight excluding hydrogens is 320 g/mol. The molecule has 1 saturated heterocycles. The number of ether oxygens (including phenoxy) is 1. The van der Waals surface area contributed by atoms with Gasteiger partial charge in [-0.05, 0) is 38.8 Å². The molecule has 136 valence electrons. The number of benzene rings is 1. The van der Waals surface area contributed by atoms with Crippen LogP contribution in [0.25, 0.3) is 0 Å². The van der Waals surface area contributed by atoms with E-state index >= 15 is 0 Å². The van der Waals surface area contributed by atoms with Gasteiger partial charge in [-0.2, -0.15) is 0 Å². The van der Waals surface area contributed by atoms with E-state index in [4.69, 9.17) is 4.74 Å². The van der Waals surface area contributed by atoms with Crippen molar-refractivity contribution in [2.24, 2.45) is 5.92 Å². The number of piperidine rings is 1. The first kappa shape index (κ1) is 19.0. The van der Waals surface area contributed by atoms with E-state index in [1.54, 1.807) is 29.2 Å². The molecule has 2 amide bonds. The highest BCUT2D eigenvalue weighted by molar-refractivity contribution is 5.98. The summed E-state index contributed by atoms with van der Waals surface area (Å²) in [4.78, 5) is 40.2. The Labute approximate surface area is 148 Å². The molecule has 1 aromatic rings. The number of para-hydroxylation sites is 1. The van der Waals surface area contributed by atoms with Crippen LogP contribution in [0.2, 0.25) is 0 Å². The zero-order chi connectivity index (χ0) is 18.4. The lowest BCUT2D eigenvalue weighted by atomic mass is 9.95. The number of hydrogen-bond donors (Lipinski definition) is 0. The molecule has 6 nitrogen and oxygen atoms in total. The first-order valence-electron chi connectivity index (χ1n) is 8.83. The van der Waals surface area contributed by atoms with Crippen molar-refractivity contribution >= 4 is 17.8 Å². The molecule has 1 aliphatic rings. The molecule has 0 saturated carbocycles. The van der Waals surface area contributed by atoms with Gasteiger partial charge in [-0.1, -0.05) is 12.1 Å². The van der Waals surface area contributed by atoms with Gasteiger partial charge in [0.2, 0.25) is 5.91 Å². The van der Waals surface area contributed by atoms with Crippen LogP contribution in [0, 0.1) is 5.92 Å². The molecule has 0 N–H and O–H groups in total. The number of likely N-dealkylation sites (tertiary alicyclic amines) is 1. The summed E-state index contributed by atoms with van der Waals surface area (Å²) in [5, 5.41) is 0. The third kappa shape index (κ3) is 4.59. The minimum Gasteiger partial charge on any atom is -0.426 e. The molecule has 1 atom stereocenters. The fourth-order valence-electron chi connectivity index (χ4n) is 3.21. The maximum absolute atomic E-state index is 12.9. The molecule has 0 spiro atoms. The Morgan fingerprint density at radius 2 is 1.88 bits per heavy atom.